The van der Waals surface area contributed by atoms with Crippen molar-refractivity contribution in [2.24, 2.45) is 0 Å². The predicted molar refractivity (Wildman–Crippen MR) is 83.3 cm³/mol. The first kappa shape index (κ1) is 16.4. The molecule has 4 nitrogen and oxygen atoms in total. The molecular formula is C15H21NO3S. The number of rotatable bonds is 7. The third kappa shape index (κ3) is 4.49. The number of carbonyl (C=O) groups excluding carboxylic acids is 1. The Hall–Kier alpha value is -1.62. The number of allylic oxidation sites excluding steroid dienone is 1. The average Bonchev–Trinajstić information content (AvgIpc) is 2.49. The van der Waals surface area contributed by atoms with Crippen molar-refractivity contribution < 1.29 is 14.3 Å². The van der Waals surface area contributed by atoms with Crippen LogP contribution in [0.5, 0.6) is 11.5 Å². The number of benzene rings is 1. The van der Waals surface area contributed by atoms with E-state index >= 15 is 0 Å². The quantitative estimate of drug-likeness (QED) is 0.786. The highest BCUT2D eigenvalue weighted by molar-refractivity contribution is 8.03. The van der Waals surface area contributed by atoms with Crippen LogP contribution in [0.1, 0.15) is 19.4 Å². The summed E-state index contributed by atoms with van der Waals surface area (Å²) in [4.78, 5) is 12.8. The molecule has 1 N–H and O–H groups in total. The molecule has 0 atom stereocenters. The number of thioether (sulfide) groups is 1. The molecule has 20 heavy (non-hydrogen) atoms. The standard InChI is InChI=1S/C15H21NO3S/c1-5-14(20-6-2)15(17)16-10-11-9-12(18-3)7-8-13(11)19-4/h5,7-9H,6,10H2,1-4H3,(H,16,17)/b14-5-. The van der Waals surface area contributed by atoms with Crippen molar-refractivity contribution in [3.05, 3.63) is 34.7 Å². The second kappa shape index (κ2) is 8.53. The fraction of sp³-hybridized carbons (Fsp3) is 0.400. The second-order valence-electron chi connectivity index (χ2n) is 3.95. The smallest absolute Gasteiger partial charge is 0.257 e. The molecule has 1 rings (SSSR count). The molecule has 0 spiro atoms. The van der Waals surface area contributed by atoms with Gasteiger partial charge < -0.3 is 14.8 Å². The van der Waals surface area contributed by atoms with Crippen molar-refractivity contribution in [3.8, 4) is 11.5 Å². The molecule has 0 heterocycles. The molecule has 0 fully saturated rings. The third-order valence-corrected chi connectivity index (χ3v) is 3.73. The van der Waals surface area contributed by atoms with E-state index in [-0.39, 0.29) is 5.91 Å². The van der Waals surface area contributed by atoms with Gasteiger partial charge in [-0.2, -0.15) is 0 Å². The van der Waals surface area contributed by atoms with Crippen molar-refractivity contribution in [2.45, 2.75) is 20.4 Å². The van der Waals surface area contributed by atoms with Crippen LogP contribution in [-0.4, -0.2) is 25.9 Å². The molecule has 0 radical (unpaired) electrons. The third-order valence-electron chi connectivity index (χ3n) is 2.71. The number of ether oxygens (including phenoxy) is 2. The first-order valence-electron chi connectivity index (χ1n) is 6.44. The number of hydrogen-bond acceptors (Lipinski definition) is 4. The summed E-state index contributed by atoms with van der Waals surface area (Å²) in [6, 6.07) is 5.52. The zero-order chi connectivity index (χ0) is 15.0. The van der Waals surface area contributed by atoms with Crippen molar-refractivity contribution >= 4 is 17.7 Å². The van der Waals surface area contributed by atoms with Crippen LogP contribution in [0, 0.1) is 0 Å². The van der Waals surface area contributed by atoms with E-state index in [1.54, 1.807) is 14.2 Å². The predicted octanol–water partition coefficient (Wildman–Crippen LogP) is 2.98. The lowest BCUT2D eigenvalue weighted by molar-refractivity contribution is -0.116. The van der Waals surface area contributed by atoms with Crippen molar-refractivity contribution in [3.63, 3.8) is 0 Å². The maximum Gasteiger partial charge on any atom is 0.257 e. The van der Waals surface area contributed by atoms with E-state index in [9.17, 15) is 4.79 Å². The van der Waals surface area contributed by atoms with E-state index < -0.39 is 0 Å². The second-order valence-corrected chi connectivity index (χ2v) is 5.25. The Bertz CT molecular complexity index is 486. The van der Waals surface area contributed by atoms with Crippen LogP contribution in [0.4, 0.5) is 0 Å². The monoisotopic (exact) mass is 295 g/mol. The molecule has 0 saturated carbocycles. The zero-order valence-corrected chi connectivity index (χ0v) is 13.2. The van der Waals surface area contributed by atoms with Gasteiger partial charge in [-0.05, 0) is 30.9 Å². The summed E-state index contributed by atoms with van der Waals surface area (Å²) in [7, 11) is 3.22. The molecule has 1 aromatic rings. The minimum atomic E-state index is -0.0655. The summed E-state index contributed by atoms with van der Waals surface area (Å²) < 4.78 is 10.5. The van der Waals surface area contributed by atoms with Crippen LogP contribution in [0.25, 0.3) is 0 Å². The van der Waals surface area contributed by atoms with E-state index in [1.165, 1.54) is 11.8 Å². The molecule has 110 valence electrons. The zero-order valence-electron chi connectivity index (χ0n) is 12.4. The molecule has 1 amide bonds. The van der Waals surface area contributed by atoms with Crippen molar-refractivity contribution in [1.82, 2.24) is 5.32 Å². The first-order valence-corrected chi connectivity index (χ1v) is 7.43. The van der Waals surface area contributed by atoms with Gasteiger partial charge in [0.25, 0.3) is 5.91 Å². The highest BCUT2D eigenvalue weighted by atomic mass is 32.2. The Morgan fingerprint density at radius 2 is 2.10 bits per heavy atom. The van der Waals surface area contributed by atoms with E-state index in [0.29, 0.717) is 6.54 Å². The SMILES string of the molecule is C/C=C(\SCC)C(=O)NCc1cc(OC)ccc1OC. The van der Waals surface area contributed by atoms with Gasteiger partial charge in [0.1, 0.15) is 11.5 Å². The summed E-state index contributed by atoms with van der Waals surface area (Å²) >= 11 is 1.53. The maximum absolute atomic E-state index is 12.0. The number of carbonyl (C=O) groups is 1. The lowest BCUT2D eigenvalue weighted by Crippen LogP contribution is -2.23. The van der Waals surface area contributed by atoms with Gasteiger partial charge in [-0.15, -0.1) is 11.8 Å². The van der Waals surface area contributed by atoms with Gasteiger partial charge in [-0.3, -0.25) is 4.79 Å². The molecule has 0 aromatic heterocycles. The van der Waals surface area contributed by atoms with Crippen LogP contribution >= 0.6 is 11.8 Å². The molecule has 5 heteroatoms. The van der Waals surface area contributed by atoms with E-state index in [1.807, 2.05) is 38.1 Å². The Balaban J connectivity index is 2.76. The Kier molecular flexibility index (Phi) is 7.01. The molecule has 0 aliphatic rings. The summed E-state index contributed by atoms with van der Waals surface area (Å²) in [6.45, 7) is 4.29. The number of nitrogens with one attached hydrogen (secondary N) is 1. The molecular weight excluding hydrogens is 274 g/mol. The van der Waals surface area contributed by atoms with Crippen LogP contribution < -0.4 is 14.8 Å². The molecule has 0 aliphatic heterocycles. The largest absolute Gasteiger partial charge is 0.497 e. The summed E-state index contributed by atoms with van der Waals surface area (Å²) in [5.41, 5.74) is 0.886. The molecule has 1 aromatic carbocycles. The number of amides is 1. The maximum atomic E-state index is 12.0. The fourth-order valence-corrected chi connectivity index (χ4v) is 2.40. The lowest BCUT2D eigenvalue weighted by Gasteiger charge is -2.12. The first-order chi connectivity index (χ1) is 9.65. The highest BCUT2D eigenvalue weighted by Crippen LogP contribution is 2.24. The summed E-state index contributed by atoms with van der Waals surface area (Å²) in [5.74, 6) is 2.28. The van der Waals surface area contributed by atoms with E-state index in [4.69, 9.17) is 9.47 Å². The Morgan fingerprint density at radius 3 is 2.65 bits per heavy atom. The molecule has 0 bridgehead atoms. The van der Waals surface area contributed by atoms with Gasteiger partial charge >= 0.3 is 0 Å². The normalized spacial score (nSPS) is 11.1. The average molecular weight is 295 g/mol. The van der Waals surface area contributed by atoms with Gasteiger partial charge in [0.2, 0.25) is 0 Å². The minimum Gasteiger partial charge on any atom is -0.497 e. The highest BCUT2D eigenvalue weighted by Gasteiger charge is 2.10. The van der Waals surface area contributed by atoms with Crippen LogP contribution in [0.2, 0.25) is 0 Å². The van der Waals surface area contributed by atoms with Gasteiger partial charge in [-0.25, -0.2) is 0 Å². The van der Waals surface area contributed by atoms with Crippen LogP contribution in [-0.2, 0) is 11.3 Å². The number of hydrogen-bond donors (Lipinski definition) is 1. The molecule has 0 aliphatic carbocycles. The summed E-state index contributed by atoms with van der Waals surface area (Å²) in [6.07, 6.45) is 1.83. The Morgan fingerprint density at radius 1 is 1.35 bits per heavy atom. The fourth-order valence-electron chi connectivity index (χ4n) is 1.72. The van der Waals surface area contributed by atoms with E-state index in [2.05, 4.69) is 5.32 Å². The minimum absolute atomic E-state index is 0.0655. The van der Waals surface area contributed by atoms with Gasteiger partial charge in [0, 0.05) is 12.1 Å². The van der Waals surface area contributed by atoms with Gasteiger partial charge in [0.05, 0.1) is 19.1 Å². The Labute approximate surface area is 124 Å². The van der Waals surface area contributed by atoms with Crippen molar-refractivity contribution in [1.29, 1.82) is 0 Å². The number of methoxy groups -OCH3 is 2. The van der Waals surface area contributed by atoms with Gasteiger partial charge in [0.15, 0.2) is 0 Å². The van der Waals surface area contributed by atoms with E-state index in [0.717, 1.165) is 27.7 Å². The van der Waals surface area contributed by atoms with Crippen molar-refractivity contribution in [2.75, 3.05) is 20.0 Å². The van der Waals surface area contributed by atoms with Crippen LogP contribution in [0.15, 0.2) is 29.2 Å². The molecule has 0 unspecified atom stereocenters. The topological polar surface area (TPSA) is 47.6 Å². The summed E-state index contributed by atoms with van der Waals surface area (Å²) in [5, 5.41) is 2.90. The van der Waals surface area contributed by atoms with Crippen LogP contribution in [0.3, 0.4) is 0 Å². The lowest BCUT2D eigenvalue weighted by atomic mass is 10.2. The van der Waals surface area contributed by atoms with Gasteiger partial charge in [-0.1, -0.05) is 13.0 Å². The molecule has 0 saturated heterocycles.